The Kier molecular flexibility index (Phi) is 4.84. The highest BCUT2D eigenvalue weighted by Crippen LogP contribution is 2.12. The van der Waals surface area contributed by atoms with Gasteiger partial charge in [-0.3, -0.25) is 9.78 Å². The van der Waals surface area contributed by atoms with Gasteiger partial charge >= 0.3 is 0 Å². The van der Waals surface area contributed by atoms with Gasteiger partial charge < -0.3 is 5.32 Å². The maximum absolute atomic E-state index is 11.6. The molecule has 1 aromatic heterocycles. The van der Waals surface area contributed by atoms with Gasteiger partial charge in [-0.1, -0.05) is 23.8 Å². The molecule has 0 aliphatic heterocycles. The number of carbonyl (C=O) groups excluding carboxylic acids is 1. The van der Waals surface area contributed by atoms with E-state index in [1.165, 1.54) is 6.20 Å². The highest BCUT2D eigenvalue weighted by atomic mass is 35.5. The van der Waals surface area contributed by atoms with Gasteiger partial charge in [-0.25, -0.2) is 0 Å². The first-order chi connectivity index (χ1) is 7.25. The zero-order valence-electron chi connectivity index (χ0n) is 8.53. The van der Waals surface area contributed by atoms with Gasteiger partial charge in [0.05, 0.1) is 10.6 Å². The lowest BCUT2D eigenvalue weighted by atomic mass is 10.2. The van der Waals surface area contributed by atoms with Crippen molar-refractivity contribution in [2.24, 2.45) is 0 Å². The fourth-order valence-corrected chi connectivity index (χ4v) is 1.30. The third kappa shape index (κ3) is 3.72. The van der Waals surface area contributed by atoms with Gasteiger partial charge in [0.1, 0.15) is 0 Å². The number of halogens is 1. The van der Waals surface area contributed by atoms with E-state index in [0.717, 1.165) is 6.42 Å². The van der Waals surface area contributed by atoms with Gasteiger partial charge in [-0.2, -0.15) is 0 Å². The zero-order valence-corrected chi connectivity index (χ0v) is 9.29. The van der Waals surface area contributed by atoms with Crippen LogP contribution in [0, 0.1) is 0 Å². The number of nitrogens with zero attached hydrogens (tertiary/aromatic N) is 1. The van der Waals surface area contributed by atoms with Crippen LogP contribution in [-0.2, 0) is 0 Å². The Hall–Kier alpha value is -1.35. The highest BCUT2D eigenvalue weighted by molar-refractivity contribution is 6.33. The first kappa shape index (κ1) is 11.7. The summed E-state index contributed by atoms with van der Waals surface area (Å²) in [4.78, 5) is 15.4. The fourth-order valence-electron chi connectivity index (χ4n) is 1.09. The second kappa shape index (κ2) is 6.19. The van der Waals surface area contributed by atoms with Crippen LogP contribution in [0.25, 0.3) is 0 Å². The Balaban J connectivity index is 2.51. The van der Waals surface area contributed by atoms with E-state index < -0.39 is 0 Å². The van der Waals surface area contributed by atoms with E-state index in [4.69, 9.17) is 11.6 Å². The molecule has 0 fully saturated rings. The average Bonchev–Trinajstić information content (AvgIpc) is 2.25. The fraction of sp³-hybridized carbons (Fsp3) is 0.273. The van der Waals surface area contributed by atoms with Crippen molar-refractivity contribution in [2.75, 3.05) is 6.54 Å². The first-order valence-corrected chi connectivity index (χ1v) is 5.12. The molecule has 0 aliphatic rings. The third-order valence-corrected chi connectivity index (χ3v) is 2.15. The maximum atomic E-state index is 11.6. The quantitative estimate of drug-likeness (QED) is 0.631. The van der Waals surface area contributed by atoms with Crippen molar-refractivity contribution in [3.8, 4) is 0 Å². The molecule has 0 aliphatic carbocycles. The number of hydrogen-bond donors (Lipinski definition) is 1. The minimum absolute atomic E-state index is 0.160. The molecule has 0 aromatic carbocycles. The summed E-state index contributed by atoms with van der Waals surface area (Å²) in [6.45, 7) is 2.56. The smallest absolute Gasteiger partial charge is 0.252 e. The summed E-state index contributed by atoms with van der Waals surface area (Å²) in [7, 11) is 0. The molecule has 1 N–H and O–H groups in total. The van der Waals surface area contributed by atoms with Crippen LogP contribution in [0.15, 0.2) is 30.6 Å². The van der Waals surface area contributed by atoms with Gasteiger partial charge in [-0.05, 0) is 19.4 Å². The van der Waals surface area contributed by atoms with Crippen molar-refractivity contribution in [1.29, 1.82) is 0 Å². The molecule has 0 saturated heterocycles. The van der Waals surface area contributed by atoms with Crippen LogP contribution in [0.2, 0.25) is 5.02 Å². The SMILES string of the molecule is C/C=C/CCNC(=O)c1ccncc1Cl. The first-order valence-electron chi connectivity index (χ1n) is 4.74. The van der Waals surface area contributed by atoms with Gasteiger partial charge in [0.15, 0.2) is 0 Å². The van der Waals surface area contributed by atoms with Crippen molar-refractivity contribution in [3.63, 3.8) is 0 Å². The normalized spacial score (nSPS) is 10.5. The molecule has 0 spiro atoms. The lowest BCUT2D eigenvalue weighted by Gasteiger charge is -2.04. The number of amides is 1. The van der Waals surface area contributed by atoms with Crippen LogP contribution in [0.1, 0.15) is 23.7 Å². The van der Waals surface area contributed by atoms with E-state index >= 15 is 0 Å². The van der Waals surface area contributed by atoms with Crippen LogP contribution in [-0.4, -0.2) is 17.4 Å². The Morgan fingerprint density at radius 3 is 3.13 bits per heavy atom. The van der Waals surface area contributed by atoms with Crippen LogP contribution >= 0.6 is 11.6 Å². The maximum Gasteiger partial charge on any atom is 0.252 e. The minimum Gasteiger partial charge on any atom is -0.352 e. The monoisotopic (exact) mass is 224 g/mol. The molecule has 0 radical (unpaired) electrons. The van der Waals surface area contributed by atoms with Crippen LogP contribution < -0.4 is 5.32 Å². The van der Waals surface area contributed by atoms with Crippen molar-refractivity contribution in [2.45, 2.75) is 13.3 Å². The van der Waals surface area contributed by atoms with Crippen molar-refractivity contribution < 1.29 is 4.79 Å². The molecule has 0 unspecified atom stereocenters. The number of aromatic nitrogens is 1. The van der Waals surface area contributed by atoms with E-state index in [9.17, 15) is 4.79 Å². The van der Waals surface area contributed by atoms with Crippen molar-refractivity contribution in [3.05, 3.63) is 41.2 Å². The Bertz CT molecular complexity index is 363. The molecule has 80 valence electrons. The number of nitrogens with one attached hydrogen (secondary N) is 1. The molecular weight excluding hydrogens is 212 g/mol. The zero-order chi connectivity index (χ0) is 11.1. The summed E-state index contributed by atoms with van der Waals surface area (Å²) in [6, 6.07) is 1.60. The van der Waals surface area contributed by atoms with Crippen molar-refractivity contribution in [1.82, 2.24) is 10.3 Å². The number of allylic oxidation sites excluding steroid dienone is 1. The highest BCUT2D eigenvalue weighted by Gasteiger charge is 2.08. The molecule has 4 heteroatoms. The van der Waals surface area contributed by atoms with E-state index in [1.54, 1.807) is 12.3 Å². The van der Waals surface area contributed by atoms with E-state index in [1.807, 2.05) is 19.1 Å². The van der Waals surface area contributed by atoms with E-state index in [-0.39, 0.29) is 5.91 Å². The Morgan fingerprint density at radius 2 is 2.47 bits per heavy atom. The molecule has 0 bridgehead atoms. The summed E-state index contributed by atoms with van der Waals surface area (Å²) < 4.78 is 0. The van der Waals surface area contributed by atoms with Gasteiger partial charge in [0.25, 0.3) is 5.91 Å². The molecule has 1 aromatic rings. The average molecular weight is 225 g/mol. The standard InChI is InChI=1S/C11H13ClN2O/c1-2-3-4-6-14-11(15)9-5-7-13-8-10(9)12/h2-3,5,7-8H,4,6H2,1H3,(H,14,15)/b3-2+. The number of hydrogen-bond acceptors (Lipinski definition) is 2. The lowest BCUT2D eigenvalue weighted by molar-refractivity contribution is 0.0954. The molecule has 1 rings (SSSR count). The van der Waals surface area contributed by atoms with Crippen LogP contribution in [0.4, 0.5) is 0 Å². The van der Waals surface area contributed by atoms with Crippen LogP contribution in [0.5, 0.6) is 0 Å². The van der Waals surface area contributed by atoms with Gasteiger partial charge in [-0.15, -0.1) is 0 Å². The summed E-state index contributed by atoms with van der Waals surface area (Å²) in [5, 5.41) is 3.15. The summed E-state index contributed by atoms with van der Waals surface area (Å²) in [5.41, 5.74) is 0.465. The Labute approximate surface area is 94.2 Å². The second-order valence-electron chi connectivity index (χ2n) is 2.97. The van der Waals surface area contributed by atoms with Gasteiger partial charge in [0.2, 0.25) is 0 Å². The summed E-state index contributed by atoms with van der Waals surface area (Å²) in [6.07, 6.45) is 7.78. The molecule has 0 atom stereocenters. The number of pyridine rings is 1. The third-order valence-electron chi connectivity index (χ3n) is 1.85. The van der Waals surface area contributed by atoms with Crippen LogP contribution in [0.3, 0.4) is 0 Å². The molecule has 1 amide bonds. The molecule has 15 heavy (non-hydrogen) atoms. The molecular formula is C11H13ClN2O. The molecule has 0 saturated carbocycles. The number of rotatable bonds is 4. The van der Waals surface area contributed by atoms with E-state index in [0.29, 0.717) is 17.1 Å². The number of carbonyl (C=O) groups is 1. The summed E-state index contributed by atoms with van der Waals surface area (Å²) >= 11 is 5.82. The topological polar surface area (TPSA) is 42.0 Å². The van der Waals surface area contributed by atoms with E-state index in [2.05, 4.69) is 10.3 Å². The largest absolute Gasteiger partial charge is 0.352 e. The van der Waals surface area contributed by atoms with Gasteiger partial charge in [0, 0.05) is 18.9 Å². The predicted octanol–water partition coefficient (Wildman–Crippen LogP) is 2.43. The molecule has 3 nitrogen and oxygen atoms in total. The lowest BCUT2D eigenvalue weighted by Crippen LogP contribution is -2.24. The molecule has 1 heterocycles. The summed E-state index contributed by atoms with van der Waals surface area (Å²) in [5.74, 6) is -0.160. The predicted molar refractivity (Wildman–Crippen MR) is 61.0 cm³/mol. The Morgan fingerprint density at radius 1 is 1.67 bits per heavy atom. The van der Waals surface area contributed by atoms with Crippen molar-refractivity contribution >= 4 is 17.5 Å². The second-order valence-corrected chi connectivity index (χ2v) is 3.38. The minimum atomic E-state index is -0.160.